The predicted octanol–water partition coefficient (Wildman–Crippen LogP) is 5.04. The van der Waals surface area contributed by atoms with Crippen LogP contribution < -0.4 is 0 Å². The summed E-state index contributed by atoms with van der Waals surface area (Å²) < 4.78 is 0. The SMILES string of the molecule is Clc1ccc2c(Sc3ccccc3)ccnc2c1. The van der Waals surface area contributed by atoms with Crippen molar-refractivity contribution in [2.75, 3.05) is 0 Å². The van der Waals surface area contributed by atoms with Gasteiger partial charge in [-0.2, -0.15) is 0 Å². The van der Waals surface area contributed by atoms with E-state index in [-0.39, 0.29) is 0 Å². The molecule has 0 saturated heterocycles. The van der Waals surface area contributed by atoms with Crippen LogP contribution in [0.25, 0.3) is 10.9 Å². The second-order valence-corrected chi connectivity index (χ2v) is 5.44. The Morgan fingerprint density at radius 1 is 0.944 bits per heavy atom. The Hall–Kier alpha value is -1.51. The maximum atomic E-state index is 5.98. The third-order valence-electron chi connectivity index (χ3n) is 2.64. The normalized spacial score (nSPS) is 10.7. The molecule has 0 aliphatic carbocycles. The van der Waals surface area contributed by atoms with Crippen molar-refractivity contribution >= 4 is 34.3 Å². The number of rotatable bonds is 2. The number of aromatic nitrogens is 1. The van der Waals surface area contributed by atoms with Crippen LogP contribution in [0.5, 0.6) is 0 Å². The molecule has 0 spiro atoms. The van der Waals surface area contributed by atoms with Crippen molar-refractivity contribution in [3.05, 3.63) is 65.8 Å². The number of hydrogen-bond donors (Lipinski definition) is 0. The van der Waals surface area contributed by atoms with Crippen molar-refractivity contribution in [3.8, 4) is 0 Å². The molecule has 0 saturated carbocycles. The molecule has 0 aliphatic heterocycles. The first-order chi connectivity index (χ1) is 8.83. The molecule has 88 valence electrons. The number of benzene rings is 2. The lowest BCUT2D eigenvalue weighted by Crippen LogP contribution is -1.82. The van der Waals surface area contributed by atoms with E-state index < -0.39 is 0 Å². The van der Waals surface area contributed by atoms with E-state index in [1.54, 1.807) is 11.8 Å². The average Bonchev–Trinajstić information content (AvgIpc) is 2.40. The Morgan fingerprint density at radius 3 is 2.61 bits per heavy atom. The highest BCUT2D eigenvalue weighted by Crippen LogP contribution is 2.33. The van der Waals surface area contributed by atoms with Crippen LogP contribution in [-0.2, 0) is 0 Å². The molecule has 0 atom stereocenters. The summed E-state index contributed by atoms with van der Waals surface area (Å²) in [5.41, 5.74) is 0.934. The Morgan fingerprint density at radius 2 is 1.78 bits per heavy atom. The summed E-state index contributed by atoms with van der Waals surface area (Å²) in [5, 5.41) is 1.85. The molecule has 0 radical (unpaired) electrons. The number of fused-ring (bicyclic) bond motifs is 1. The Balaban J connectivity index is 2.07. The fourth-order valence-corrected chi connectivity index (χ4v) is 2.92. The summed E-state index contributed by atoms with van der Waals surface area (Å²) in [6.07, 6.45) is 1.82. The molecule has 1 nitrogen and oxygen atoms in total. The van der Waals surface area contributed by atoms with Gasteiger partial charge in [-0.15, -0.1) is 0 Å². The molecule has 2 aromatic carbocycles. The van der Waals surface area contributed by atoms with Crippen molar-refractivity contribution in [2.45, 2.75) is 9.79 Å². The van der Waals surface area contributed by atoms with Gasteiger partial charge in [0.15, 0.2) is 0 Å². The fraction of sp³-hybridized carbons (Fsp3) is 0. The zero-order valence-electron chi connectivity index (χ0n) is 9.51. The molecule has 0 N–H and O–H groups in total. The lowest BCUT2D eigenvalue weighted by molar-refractivity contribution is 1.34. The van der Waals surface area contributed by atoms with E-state index in [4.69, 9.17) is 11.6 Å². The molecule has 0 bridgehead atoms. The minimum Gasteiger partial charge on any atom is -0.256 e. The molecular formula is C15H10ClNS. The average molecular weight is 272 g/mol. The maximum Gasteiger partial charge on any atom is 0.0728 e. The zero-order valence-corrected chi connectivity index (χ0v) is 11.1. The summed E-state index contributed by atoms with van der Waals surface area (Å²) in [5.74, 6) is 0. The summed E-state index contributed by atoms with van der Waals surface area (Å²) in [6, 6.07) is 18.2. The fourth-order valence-electron chi connectivity index (χ4n) is 1.80. The zero-order chi connectivity index (χ0) is 12.4. The molecule has 0 amide bonds. The van der Waals surface area contributed by atoms with Crippen molar-refractivity contribution in [1.82, 2.24) is 4.98 Å². The van der Waals surface area contributed by atoms with E-state index >= 15 is 0 Å². The van der Waals surface area contributed by atoms with Gasteiger partial charge >= 0.3 is 0 Å². The van der Waals surface area contributed by atoms with Gasteiger partial charge in [-0.25, -0.2) is 0 Å². The van der Waals surface area contributed by atoms with E-state index in [2.05, 4.69) is 17.1 Å². The summed E-state index contributed by atoms with van der Waals surface area (Å²) in [6.45, 7) is 0. The minimum absolute atomic E-state index is 0.719. The molecule has 18 heavy (non-hydrogen) atoms. The maximum absolute atomic E-state index is 5.98. The Labute approximate surface area is 115 Å². The van der Waals surface area contributed by atoms with E-state index in [1.165, 1.54) is 9.79 Å². The second kappa shape index (κ2) is 5.01. The van der Waals surface area contributed by atoms with Crippen molar-refractivity contribution in [1.29, 1.82) is 0 Å². The number of halogens is 1. The Kier molecular flexibility index (Phi) is 3.22. The van der Waals surface area contributed by atoms with Crippen molar-refractivity contribution in [2.24, 2.45) is 0 Å². The minimum atomic E-state index is 0.719. The molecule has 0 aliphatic rings. The highest BCUT2D eigenvalue weighted by Gasteiger charge is 2.04. The Bertz CT molecular complexity index is 682. The lowest BCUT2D eigenvalue weighted by Gasteiger charge is -2.05. The predicted molar refractivity (Wildman–Crippen MR) is 77.3 cm³/mol. The van der Waals surface area contributed by atoms with Gasteiger partial charge in [0.1, 0.15) is 0 Å². The van der Waals surface area contributed by atoms with Gasteiger partial charge in [0.2, 0.25) is 0 Å². The van der Waals surface area contributed by atoms with Crippen LogP contribution in [0.1, 0.15) is 0 Å². The molecule has 1 aromatic heterocycles. The highest BCUT2D eigenvalue weighted by atomic mass is 35.5. The summed E-state index contributed by atoms with van der Waals surface area (Å²) in [4.78, 5) is 6.77. The lowest BCUT2D eigenvalue weighted by atomic mass is 10.2. The monoisotopic (exact) mass is 271 g/mol. The van der Waals surface area contributed by atoms with Crippen molar-refractivity contribution in [3.63, 3.8) is 0 Å². The standard InChI is InChI=1S/C15H10ClNS/c16-11-6-7-13-14(10-11)17-9-8-15(13)18-12-4-2-1-3-5-12/h1-10H. The van der Waals surface area contributed by atoms with E-state index in [9.17, 15) is 0 Å². The molecule has 1 heterocycles. The molecule has 3 rings (SSSR count). The smallest absolute Gasteiger partial charge is 0.0728 e. The quantitative estimate of drug-likeness (QED) is 0.648. The van der Waals surface area contributed by atoms with Gasteiger partial charge in [0.25, 0.3) is 0 Å². The third-order valence-corrected chi connectivity index (χ3v) is 3.95. The molecule has 0 unspecified atom stereocenters. The van der Waals surface area contributed by atoms with Crippen LogP contribution in [0.2, 0.25) is 5.02 Å². The van der Waals surface area contributed by atoms with Crippen LogP contribution in [-0.4, -0.2) is 4.98 Å². The molecular weight excluding hydrogens is 262 g/mol. The first kappa shape index (κ1) is 11.6. The number of nitrogens with zero attached hydrogens (tertiary/aromatic N) is 1. The summed E-state index contributed by atoms with van der Waals surface area (Å²) >= 11 is 7.72. The van der Waals surface area contributed by atoms with E-state index in [0.717, 1.165) is 15.9 Å². The second-order valence-electron chi connectivity index (χ2n) is 3.89. The van der Waals surface area contributed by atoms with E-state index in [1.807, 2.05) is 48.7 Å². The summed E-state index contributed by atoms with van der Waals surface area (Å²) in [7, 11) is 0. The van der Waals surface area contributed by atoms with Crippen LogP contribution in [0.3, 0.4) is 0 Å². The first-order valence-corrected chi connectivity index (χ1v) is 6.79. The molecule has 0 fully saturated rings. The van der Waals surface area contributed by atoms with Crippen molar-refractivity contribution < 1.29 is 0 Å². The van der Waals surface area contributed by atoms with Gasteiger partial charge < -0.3 is 0 Å². The van der Waals surface area contributed by atoms with Crippen LogP contribution in [0, 0.1) is 0 Å². The van der Waals surface area contributed by atoms with E-state index in [0.29, 0.717) is 0 Å². The number of hydrogen-bond acceptors (Lipinski definition) is 2. The van der Waals surface area contributed by atoms with Crippen LogP contribution >= 0.6 is 23.4 Å². The van der Waals surface area contributed by atoms with Crippen LogP contribution in [0.4, 0.5) is 0 Å². The molecule has 3 aromatic rings. The first-order valence-electron chi connectivity index (χ1n) is 5.60. The van der Waals surface area contributed by atoms with Gasteiger partial charge in [0.05, 0.1) is 5.52 Å². The third kappa shape index (κ3) is 2.35. The van der Waals surface area contributed by atoms with Gasteiger partial charge in [-0.05, 0) is 30.3 Å². The number of pyridine rings is 1. The van der Waals surface area contributed by atoms with Gasteiger partial charge in [-0.3, -0.25) is 4.98 Å². The topological polar surface area (TPSA) is 12.9 Å². The largest absolute Gasteiger partial charge is 0.256 e. The van der Waals surface area contributed by atoms with Gasteiger partial charge in [-0.1, -0.05) is 47.6 Å². The molecule has 3 heteroatoms. The highest BCUT2D eigenvalue weighted by molar-refractivity contribution is 7.99. The van der Waals surface area contributed by atoms with Crippen LogP contribution in [0.15, 0.2) is 70.6 Å². The van der Waals surface area contributed by atoms with Gasteiger partial charge in [0, 0.05) is 26.4 Å².